The number of hydrogen-bond acceptors (Lipinski definition) is 4. The van der Waals surface area contributed by atoms with Crippen molar-refractivity contribution in [2.45, 2.75) is 27.2 Å². The van der Waals surface area contributed by atoms with Gasteiger partial charge in [0.05, 0.1) is 6.20 Å². The van der Waals surface area contributed by atoms with Crippen LogP contribution in [0, 0.1) is 6.92 Å². The number of amides is 1. The highest BCUT2D eigenvalue weighted by molar-refractivity contribution is 5.89. The Labute approximate surface area is 102 Å². The lowest BCUT2D eigenvalue weighted by atomic mass is 10.3. The van der Waals surface area contributed by atoms with E-state index in [4.69, 9.17) is 4.42 Å². The summed E-state index contributed by atoms with van der Waals surface area (Å²) in [7, 11) is 0. The van der Waals surface area contributed by atoms with Gasteiger partial charge in [0.2, 0.25) is 0 Å². The van der Waals surface area contributed by atoms with Crippen molar-refractivity contribution in [2.75, 3.05) is 26.2 Å². The number of carbonyl (C=O) groups excluding carboxylic acids is 1. The Kier molecular flexibility index (Phi) is 5.69. The summed E-state index contributed by atoms with van der Waals surface area (Å²) in [4.78, 5) is 17.8. The predicted molar refractivity (Wildman–Crippen MR) is 66.0 cm³/mol. The Hall–Kier alpha value is -1.36. The lowest BCUT2D eigenvalue weighted by Crippen LogP contribution is -2.30. The van der Waals surface area contributed by atoms with Gasteiger partial charge in [-0.3, -0.25) is 4.79 Å². The maximum Gasteiger partial charge on any atom is 0.307 e. The number of oxazole rings is 1. The molecule has 5 heteroatoms. The van der Waals surface area contributed by atoms with Crippen LogP contribution in [0.3, 0.4) is 0 Å². The van der Waals surface area contributed by atoms with E-state index in [2.05, 4.69) is 29.0 Å². The molecule has 96 valence electrons. The highest BCUT2D eigenvalue weighted by Crippen LogP contribution is 2.00. The first-order valence-corrected chi connectivity index (χ1v) is 6.10. The van der Waals surface area contributed by atoms with Gasteiger partial charge in [-0.2, -0.15) is 0 Å². The van der Waals surface area contributed by atoms with Crippen LogP contribution >= 0.6 is 0 Å². The molecule has 1 rings (SSSR count). The lowest BCUT2D eigenvalue weighted by molar-refractivity contribution is 0.0916. The molecule has 0 saturated carbocycles. The second kappa shape index (κ2) is 7.06. The van der Waals surface area contributed by atoms with Crippen LogP contribution in [0.2, 0.25) is 0 Å². The summed E-state index contributed by atoms with van der Waals surface area (Å²) in [5.41, 5.74) is 0. The van der Waals surface area contributed by atoms with Crippen LogP contribution in [0.1, 0.15) is 36.7 Å². The SMILES string of the molecule is CCN(CC)CCCNC(=O)c1ncc(C)o1. The normalized spacial score (nSPS) is 10.8. The number of nitrogens with one attached hydrogen (secondary N) is 1. The molecule has 0 radical (unpaired) electrons. The molecule has 0 aromatic carbocycles. The molecule has 1 N–H and O–H groups in total. The van der Waals surface area contributed by atoms with Crippen LogP contribution < -0.4 is 5.32 Å². The molecule has 1 heterocycles. The smallest absolute Gasteiger partial charge is 0.307 e. The Balaban J connectivity index is 2.21. The maximum atomic E-state index is 11.6. The first-order valence-electron chi connectivity index (χ1n) is 6.10. The Morgan fingerprint density at radius 3 is 2.71 bits per heavy atom. The van der Waals surface area contributed by atoms with Gasteiger partial charge in [0, 0.05) is 6.54 Å². The van der Waals surface area contributed by atoms with Crippen molar-refractivity contribution in [2.24, 2.45) is 0 Å². The number of hydrogen-bond donors (Lipinski definition) is 1. The zero-order valence-corrected chi connectivity index (χ0v) is 10.8. The van der Waals surface area contributed by atoms with Crippen LogP contribution in [-0.2, 0) is 0 Å². The highest BCUT2D eigenvalue weighted by Gasteiger charge is 2.10. The Morgan fingerprint density at radius 1 is 1.47 bits per heavy atom. The molecule has 0 unspecified atom stereocenters. The zero-order valence-electron chi connectivity index (χ0n) is 10.8. The molecule has 17 heavy (non-hydrogen) atoms. The molecule has 0 aliphatic rings. The molecule has 0 aliphatic heterocycles. The van der Waals surface area contributed by atoms with E-state index in [0.29, 0.717) is 12.3 Å². The summed E-state index contributed by atoms with van der Waals surface area (Å²) < 4.78 is 5.13. The third-order valence-corrected chi connectivity index (χ3v) is 2.65. The number of aryl methyl sites for hydroxylation is 1. The van der Waals surface area contributed by atoms with Gasteiger partial charge in [-0.25, -0.2) is 4.98 Å². The molecular formula is C12H21N3O2. The van der Waals surface area contributed by atoms with E-state index in [-0.39, 0.29) is 11.8 Å². The van der Waals surface area contributed by atoms with E-state index in [1.165, 1.54) is 0 Å². The van der Waals surface area contributed by atoms with Gasteiger partial charge < -0.3 is 14.6 Å². The molecule has 0 spiro atoms. The first-order chi connectivity index (χ1) is 8.17. The molecule has 1 amide bonds. The van der Waals surface area contributed by atoms with E-state index in [0.717, 1.165) is 26.1 Å². The fourth-order valence-electron chi connectivity index (χ4n) is 1.58. The van der Waals surface area contributed by atoms with Crippen LogP contribution in [0.25, 0.3) is 0 Å². The molecule has 0 fully saturated rings. The fraction of sp³-hybridized carbons (Fsp3) is 0.667. The molecule has 0 saturated heterocycles. The minimum Gasteiger partial charge on any atom is -0.438 e. The van der Waals surface area contributed by atoms with Gasteiger partial charge in [0.25, 0.3) is 5.89 Å². The standard InChI is InChI=1S/C12H21N3O2/c1-4-15(5-2)8-6-7-13-11(16)12-14-9-10(3)17-12/h9H,4-8H2,1-3H3,(H,13,16). The fourth-order valence-corrected chi connectivity index (χ4v) is 1.58. The van der Waals surface area contributed by atoms with Crippen LogP contribution in [0.5, 0.6) is 0 Å². The Bertz CT molecular complexity index is 345. The van der Waals surface area contributed by atoms with E-state index < -0.39 is 0 Å². The molecular weight excluding hydrogens is 218 g/mol. The number of rotatable bonds is 7. The summed E-state index contributed by atoms with van der Waals surface area (Å²) in [6, 6.07) is 0. The van der Waals surface area contributed by atoms with Gasteiger partial charge in [0.1, 0.15) is 5.76 Å². The van der Waals surface area contributed by atoms with E-state index in [9.17, 15) is 4.79 Å². The van der Waals surface area contributed by atoms with E-state index >= 15 is 0 Å². The summed E-state index contributed by atoms with van der Waals surface area (Å²) >= 11 is 0. The van der Waals surface area contributed by atoms with Crippen molar-refractivity contribution in [1.82, 2.24) is 15.2 Å². The average Bonchev–Trinajstić information content (AvgIpc) is 2.76. The van der Waals surface area contributed by atoms with E-state index in [1.54, 1.807) is 13.1 Å². The predicted octanol–water partition coefficient (Wildman–Crippen LogP) is 1.44. The van der Waals surface area contributed by atoms with Crippen LogP contribution in [-0.4, -0.2) is 42.0 Å². The van der Waals surface area contributed by atoms with Gasteiger partial charge >= 0.3 is 5.91 Å². The third kappa shape index (κ3) is 4.56. The number of carbonyl (C=O) groups is 1. The second-order valence-corrected chi connectivity index (χ2v) is 3.91. The number of nitrogens with zero attached hydrogens (tertiary/aromatic N) is 2. The molecule has 0 atom stereocenters. The summed E-state index contributed by atoms with van der Waals surface area (Å²) in [6.07, 6.45) is 2.48. The van der Waals surface area contributed by atoms with Crippen molar-refractivity contribution in [3.63, 3.8) is 0 Å². The molecule has 1 aromatic rings. The summed E-state index contributed by atoms with van der Waals surface area (Å²) in [5.74, 6) is 0.557. The zero-order chi connectivity index (χ0) is 12.7. The van der Waals surface area contributed by atoms with Crippen molar-refractivity contribution in [3.05, 3.63) is 17.8 Å². The topological polar surface area (TPSA) is 58.4 Å². The molecule has 5 nitrogen and oxygen atoms in total. The monoisotopic (exact) mass is 239 g/mol. The van der Waals surface area contributed by atoms with E-state index in [1.807, 2.05) is 0 Å². The van der Waals surface area contributed by atoms with Crippen molar-refractivity contribution >= 4 is 5.91 Å². The van der Waals surface area contributed by atoms with Gasteiger partial charge in [-0.05, 0) is 33.0 Å². The van der Waals surface area contributed by atoms with Crippen molar-refractivity contribution in [1.29, 1.82) is 0 Å². The largest absolute Gasteiger partial charge is 0.438 e. The van der Waals surface area contributed by atoms with Crippen molar-refractivity contribution in [3.8, 4) is 0 Å². The number of aromatic nitrogens is 1. The second-order valence-electron chi connectivity index (χ2n) is 3.91. The van der Waals surface area contributed by atoms with Gasteiger partial charge in [-0.1, -0.05) is 13.8 Å². The highest BCUT2D eigenvalue weighted by atomic mass is 16.4. The molecule has 0 bridgehead atoms. The Morgan fingerprint density at radius 2 is 2.18 bits per heavy atom. The van der Waals surface area contributed by atoms with Crippen LogP contribution in [0.15, 0.2) is 10.6 Å². The molecule has 1 aromatic heterocycles. The van der Waals surface area contributed by atoms with Crippen molar-refractivity contribution < 1.29 is 9.21 Å². The first kappa shape index (κ1) is 13.7. The summed E-state index contributed by atoms with van der Waals surface area (Å²) in [6.45, 7) is 9.78. The minimum atomic E-state index is -0.238. The average molecular weight is 239 g/mol. The van der Waals surface area contributed by atoms with Gasteiger partial charge in [-0.15, -0.1) is 0 Å². The van der Waals surface area contributed by atoms with Gasteiger partial charge in [0.15, 0.2) is 0 Å². The third-order valence-electron chi connectivity index (χ3n) is 2.65. The quantitative estimate of drug-likeness (QED) is 0.732. The molecule has 0 aliphatic carbocycles. The minimum absolute atomic E-state index is 0.144. The summed E-state index contributed by atoms with van der Waals surface area (Å²) in [5, 5.41) is 2.79. The lowest BCUT2D eigenvalue weighted by Gasteiger charge is -2.17. The maximum absolute atomic E-state index is 11.6. The van der Waals surface area contributed by atoms with Crippen LogP contribution in [0.4, 0.5) is 0 Å².